The molecule has 8 heteroatoms. The van der Waals surface area contributed by atoms with Crippen molar-refractivity contribution in [1.29, 1.82) is 0 Å². The number of unbranched alkanes of at least 4 members (excludes halogenated alkanes) is 2. The first kappa shape index (κ1) is 29.0. The maximum Gasteiger partial charge on any atom is 0.313 e. The molecule has 3 fully saturated rings. The van der Waals surface area contributed by atoms with E-state index in [0.29, 0.717) is 25.1 Å². The predicted molar refractivity (Wildman–Crippen MR) is 147 cm³/mol. The van der Waals surface area contributed by atoms with Crippen LogP contribution in [0.4, 0.5) is 0 Å². The number of amides is 2. The van der Waals surface area contributed by atoms with E-state index in [1.807, 2.05) is 44.2 Å². The van der Waals surface area contributed by atoms with Gasteiger partial charge in [-0.05, 0) is 31.2 Å². The van der Waals surface area contributed by atoms with Gasteiger partial charge in [0.25, 0.3) is 0 Å². The number of esters is 1. The first-order valence-electron chi connectivity index (χ1n) is 14.1. The van der Waals surface area contributed by atoms with Crippen LogP contribution in [0.15, 0.2) is 55.6 Å². The maximum atomic E-state index is 14.5. The minimum Gasteiger partial charge on any atom is -0.461 e. The minimum atomic E-state index is -1.22. The van der Waals surface area contributed by atoms with E-state index >= 15 is 0 Å². The number of aliphatic hydroxyl groups excluding tert-OH is 1. The molecule has 0 saturated carbocycles. The van der Waals surface area contributed by atoms with Gasteiger partial charge in [0.05, 0.1) is 24.2 Å². The van der Waals surface area contributed by atoms with Gasteiger partial charge in [-0.3, -0.25) is 14.4 Å². The van der Waals surface area contributed by atoms with Gasteiger partial charge in [-0.15, -0.1) is 6.58 Å². The van der Waals surface area contributed by atoms with Crippen molar-refractivity contribution >= 4 is 17.8 Å². The Balaban J connectivity index is 1.85. The summed E-state index contributed by atoms with van der Waals surface area (Å²) < 4.78 is 12.3. The molecule has 7 atom stereocenters. The second kappa shape index (κ2) is 11.6. The Morgan fingerprint density at radius 1 is 1.26 bits per heavy atom. The van der Waals surface area contributed by atoms with Crippen molar-refractivity contribution in [2.75, 3.05) is 26.3 Å². The van der Waals surface area contributed by atoms with E-state index in [4.69, 9.17) is 9.47 Å². The van der Waals surface area contributed by atoms with Crippen molar-refractivity contribution in [3.63, 3.8) is 0 Å². The van der Waals surface area contributed by atoms with Gasteiger partial charge >= 0.3 is 5.97 Å². The first-order chi connectivity index (χ1) is 18.7. The van der Waals surface area contributed by atoms with Crippen molar-refractivity contribution in [2.45, 2.75) is 69.7 Å². The van der Waals surface area contributed by atoms with E-state index in [2.05, 4.69) is 20.1 Å². The molecule has 3 aliphatic rings. The van der Waals surface area contributed by atoms with Crippen molar-refractivity contribution in [3.8, 4) is 0 Å². The summed E-state index contributed by atoms with van der Waals surface area (Å²) in [6.45, 7) is 13.9. The van der Waals surface area contributed by atoms with Crippen LogP contribution < -0.4 is 0 Å². The number of ether oxygens (including phenoxy) is 2. The Kier molecular flexibility index (Phi) is 8.66. The van der Waals surface area contributed by atoms with E-state index in [1.54, 1.807) is 11.0 Å². The van der Waals surface area contributed by atoms with Gasteiger partial charge in [-0.2, -0.15) is 0 Å². The number of rotatable bonds is 13. The maximum absolute atomic E-state index is 14.5. The lowest BCUT2D eigenvalue weighted by Crippen LogP contribution is -2.57. The highest BCUT2D eigenvalue weighted by atomic mass is 16.6. The largest absolute Gasteiger partial charge is 0.461 e. The van der Waals surface area contributed by atoms with Crippen LogP contribution in [0, 0.1) is 17.8 Å². The van der Waals surface area contributed by atoms with Crippen LogP contribution >= 0.6 is 0 Å². The molecular weight excluding hydrogens is 496 g/mol. The third-order valence-corrected chi connectivity index (χ3v) is 8.97. The molecular formula is C31H42N2O6. The van der Waals surface area contributed by atoms with Crippen molar-refractivity contribution in [2.24, 2.45) is 17.8 Å². The monoisotopic (exact) mass is 538 g/mol. The van der Waals surface area contributed by atoms with Gasteiger partial charge in [0.2, 0.25) is 11.8 Å². The van der Waals surface area contributed by atoms with Crippen LogP contribution in [0.25, 0.3) is 0 Å². The Bertz CT molecular complexity index is 1090. The highest BCUT2D eigenvalue weighted by Crippen LogP contribution is 2.66. The third-order valence-electron chi connectivity index (χ3n) is 8.97. The molecule has 4 rings (SSSR count). The minimum absolute atomic E-state index is 0.0214. The molecule has 3 saturated heterocycles. The second-order valence-electron chi connectivity index (χ2n) is 11.3. The lowest BCUT2D eigenvalue weighted by Gasteiger charge is -2.39. The van der Waals surface area contributed by atoms with E-state index in [9.17, 15) is 19.5 Å². The molecule has 2 amide bonds. The number of carbonyl (C=O) groups excluding carboxylic acids is 3. The highest BCUT2D eigenvalue weighted by Gasteiger charge is 2.80. The van der Waals surface area contributed by atoms with Gasteiger partial charge in [0, 0.05) is 13.1 Å². The summed E-state index contributed by atoms with van der Waals surface area (Å²) in [7, 11) is 0. The topological polar surface area (TPSA) is 96.4 Å². The van der Waals surface area contributed by atoms with Gasteiger partial charge < -0.3 is 24.4 Å². The summed E-state index contributed by atoms with van der Waals surface area (Å²) in [6.07, 6.45) is 6.41. The van der Waals surface area contributed by atoms with Gasteiger partial charge in [-0.25, -0.2) is 0 Å². The average molecular weight is 539 g/mol. The summed E-state index contributed by atoms with van der Waals surface area (Å²) in [5.41, 5.74) is -1.47. The summed E-state index contributed by atoms with van der Waals surface area (Å²) in [5.74, 6) is -3.01. The third kappa shape index (κ3) is 4.72. The zero-order chi connectivity index (χ0) is 28.4. The molecule has 212 valence electrons. The van der Waals surface area contributed by atoms with E-state index in [0.717, 1.165) is 19.3 Å². The van der Waals surface area contributed by atoms with Crippen molar-refractivity contribution in [1.82, 2.24) is 9.80 Å². The Labute approximate surface area is 231 Å². The number of carbonyl (C=O) groups is 3. The summed E-state index contributed by atoms with van der Waals surface area (Å²) in [6, 6.07) is 7.43. The molecule has 2 bridgehead atoms. The molecule has 3 aliphatic heterocycles. The zero-order valence-electron chi connectivity index (χ0n) is 23.4. The molecule has 1 spiro atoms. The number of fused-ring (bicyclic) bond motifs is 1. The molecule has 0 aromatic heterocycles. The molecule has 3 unspecified atom stereocenters. The zero-order valence-corrected chi connectivity index (χ0v) is 23.4. The summed E-state index contributed by atoms with van der Waals surface area (Å²) in [5, 5.41) is 10.6. The smallest absolute Gasteiger partial charge is 0.313 e. The van der Waals surface area contributed by atoms with E-state index in [1.165, 1.54) is 11.0 Å². The molecule has 0 radical (unpaired) electrons. The molecule has 39 heavy (non-hydrogen) atoms. The highest BCUT2D eigenvalue weighted by molar-refractivity contribution is 5.99. The summed E-state index contributed by atoms with van der Waals surface area (Å²) >= 11 is 0. The number of aliphatic hydroxyl groups is 1. The molecule has 8 nitrogen and oxygen atoms in total. The van der Waals surface area contributed by atoms with Crippen LogP contribution in [-0.4, -0.2) is 76.2 Å². The van der Waals surface area contributed by atoms with Gasteiger partial charge in [-0.1, -0.05) is 75.8 Å². The number of nitrogens with zero attached hydrogens (tertiary/aromatic N) is 2. The molecule has 3 heterocycles. The molecule has 1 N–H and O–H groups in total. The van der Waals surface area contributed by atoms with Crippen LogP contribution in [0.1, 0.15) is 58.1 Å². The summed E-state index contributed by atoms with van der Waals surface area (Å²) in [4.78, 5) is 45.7. The molecule has 1 aromatic rings. The normalized spacial score (nSPS) is 31.6. The van der Waals surface area contributed by atoms with Gasteiger partial charge in [0.1, 0.15) is 24.2 Å². The number of likely N-dealkylation sites (tertiary alicyclic amines) is 1. The molecule has 1 aromatic carbocycles. The Morgan fingerprint density at radius 3 is 2.59 bits per heavy atom. The lowest BCUT2D eigenvalue weighted by molar-refractivity contribution is -0.163. The fourth-order valence-corrected chi connectivity index (χ4v) is 7.08. The van der Waals surface area contributed by atoms with Crippen LogP contribution in [-0.2, 0) is 23.9 Å². The van der Waals surface area contributed by atoms with E-state index in [-0.39, 0.29) is 30.9 Å². The van der Waals surface area contributed by atoms with Crippen LogP contribution in [0.5, 0.6) is 0 Å². The van der Waals surface area contributed by atoms with Crippen molar-refractivity contribution < 1.29 is 29.0 Å². The standard InChI is InChI=1S/C31H42N2O6/c1-6-9-13-17-32(16-7-2)28(36)26-31-19-21(4)30(5,39-31)25(29(37)38-18-8-3)24(31)27(35)33(26)23(20-34)22-14-11-10-12-15-22/h7-8,10-12,14-15,21,23-26,34H,2-3,6,9,13,16-20H2,1,4-5H3/t21?,23-,24+,25-,26?,30+,31?/m1/s1. The molecule has 0 aliphatic carbocycles. The van der Waals surface area contributed by atoms with Crippen LogP contribution in [0.3, 0.4) is 0 Å². The number of hydrogen-bond acceptors (Lipinski definition) is 6. The fourth-order valence-electron chi connectivity index (χ4n) is 7.08. The number of hydrogen-bond donors (Lipinski definition) is 1. The van der Waals surface area contributed by atoms with Crippen molar-refractivity contribution in [3.05, 3.63) is 61.2 Å². The quantitative estimate of drug-likeness (QED) is 0.234. The number of benzene rings is 1. The predicted octanol–water partition coefficient (Wildman–Crippen LogP) is 3.66. The van der Waals surface area contributed by atoms with Gasteiger partial charge in [0.15, 0.2) is 0 Å². The first-order valence-corrected chi connectivity index (χ1v) is 14.1. The van der Waals surface area contributed by atoms with Crippen LogP contribution in [0.2, 0.25) is 0 Å². The fraction of sp³-hybridized carbons (Fsp3) is 0.581. The Morgan fingerprint density at radius 2 is 1.97 bits per heavy atom. The SMILES string of the molecule is C=CCOC(=O)[C@H]1[C@H]2C(=O)N([C@H](CO)c3ccccc3)C(C(=O)N(CC=C)CCCCC)C23CC(C)[C@]1(C)O3. The van der Waals surface area contributed by atoms with E-state index < -0.39 is 41.1 Å². The average Bonchev–Trinajstić information content (AvgIpc) is 3.44. The Hall–Kier alpha value is -2.97. The lowest BCUT2D eigenvalue weighted by atomic mass is 9.62. The second-order valence-corrected chi connectivity index (χ2v) is 11.3.